The molecule has 0 saturated carbocycles. The van der Waals surface area contributed by atoms with Gasteiger partial charge in [-0.2, -0.15) is 16.3 Å². The Labute approximate surface area is 146 Å². The van der Waals surface area contributed by atoms with E-state index in [1.165, 1.54) is 35.6 Å². The summed E-state index contributed by atoms with van der Waals surface area (Å²) >= 11 is 1.51. The minimum atomic E-state index is -0.675. The fraction of sp³-hybridized carbons (Fsp3) is 0.118. The Balaban J connectivity index is 1.76. The maximum Gasteiger partial charge on any atom is 0.274 e. The van der Waals surface area contributed by atoms with E-state index in [9.17, 15) is 19.4 Å². The SMILES string of the molecule is O=C(NCc1ccc(F)cc1)c1nc(Cc2ccsc2)nc(O)c1O. The number of nitrogens with one attached hydrogen (secondary N) is 1. The van der Waals surface area contributed by atoms with Crippen molar-refractivity contribution in [3.63, 3.8) is 0 Å². The lowest BCUT2D eigenvalue weighted by molar-refractivity contribution is 0.0941. The normalized spacial score (nSPS) is 10.6. The zero-order valence-corrected chi connectivity index (χ0v) is 13.8. The summed E-state index contributed by atoms with van der Waals surface area (Å²) in [5.41, 5.74) is 1.32. The summed E-state index contributed by atoms with van der Waals surface area (Å²) in [6.45, 7) is 0.128. The highest BCUT2D eigenvalue weighted by atomic mass is 32.1. The number of hydrogen-bond acceptors (Lipinski definition) is 6. The molecule has 0 aliphatic carbocycles. The monoisotopic (exact) mass is 359 g/mol. The predicted molar refractivity (Wildman–Crippen MR) is 90.1 cm³/mol. The van der Waals surface area contributed by atoms with E-state index in [-0.39, 0.29) is 23.9 Å². The number of amides is 1. The van der Waals surface area contributed by atoms with E-state index < -0.39 is 17.5 Å². The fourth-order valence-corrected chi connectivity index (χ4v) is 2.84. The average Bonchev–Trinajstić information content (AvgIpc) is 3.10. The van der Waals surface area contributed by atoms with Gasteiger partial charge in [-0.1, -0.05) is 12.1 Å². The molecule has 3 rings (SSSR count). The van der Waals surface area contributed by atoms with Gasteiger partial charge in [0.1, 0.15) is 11.6 Å². The number of thiophene rings is 1. The molecule has 2 heterocycles. The van der Waals surface area contributed by atoms with Gasteiger partial charge < -0.3 is 15.5 Å². The molecule has 0 atom stereocenters. The first kappa shape index (κ1) is 16.8. The zero-order valence-electron chi connectivity index (χ0n) is 12.9. The van der Waals surface area contributed by atoms with E-state index in [2.05, 4.69) is 15.3 Å². The highest BCUT2D eigenvalue weighted by Crippen LogP contribution is 2.26. The van der Waals surface area contributed by atoms with Crippen molar-refractivity contribution < 1.29 is 19.4 Å². The van der Waals surface area contributed by atoms with E-state index >= 15 is 0 Å². The van der Waals surface area contributed by atoms with Crippen LogP contribution >= 0.6 is 11.3 Å². The predicted octanol–water partition coefficient (Wildman–Crippen LogP) is 2.61. The highest BCUT2D eigenvalue weighted by Gasteiger charge is 2.19. The Morgan fingerprint density at radius 2 is 1.88 bits per heavy atom. The minimum absolute atomic E-state index is 0.128. The van der Waals surface area contributed by atoms with Crippen molar-refractivity contribution in [2.45, 2.75) is 13.0 Å². The Morgan fingerprint density at radius 1 is 1.12 bits per heavy atom. The number of benzene rings is 1. The fourth-order valence-electron chi connectivity index (χ4n) is 2.17. The molecule has 128 valence electrons. The van der Waals surface area contributed by atoms with Crippen LogP contribution < -0.4 is 5.32 Å². The summed E-state index contributed by atoms with van der Waals surface area (Å²) in [6, 6.07) is 7.53. The van der Waals surface area contributed by atoms with Crippen molar-refractivity contribution in [3.05, 3.63) is 69.6 Å². The quantitative estimate of drug-likeness (QED) is 0.651. The Bertz CT molecular complexity index is 883. The minimum Gasteiger partial charge on any atom is -0.501 e. The standard InChI is InChI=1S/C17H14FN3O3S/c18-12-3-1-10(2-4-12)8-19-16(23)14-15(22)17(24)21-13(20-14)7-11-5-6-25-9-11/h1-6,9,22H,7-8H2,(H,19,23)(H,20,21,24). The number of carbonyl (C=O) groups is 1. The van der Waals surface area contributed by atoms with E-state index in [1.54, 1.807) is 0 Å². The van der Waals surface area contributed by atoms with Crippen molar-refractivity contribution in [2.24, 2.45) is 0 Å². The molecule has 6 nitrogen and oxygen atoms in total. The lowest BCUT2D eigenvalue weighted by Gasteiger charge is -2.09. The molecule has 2 aromatic heterocycles. The van der Waals surface area contributed by atoms with Crippen LogP contribution in [0, 0.1) is 5.82 Å². The molecule has 25 heavy (non-hydrogen) atoms. The van der Waals surface area contributed by atoms with Crippen molar-refractivity contribution in [3.8, 4) is 11.6 Å². The first-order valence-corrected chi connectivity index (χ1v) is 8.30. The number of rotatable bonds is 5. The molecule has 3 aromatic rings. The van der Waals surface area contributed by atoms with Gasteiger partial charge in [-0.15, -0.1) is 0 Å². The molecule has 0 aliphatic rings. The number of halogens is 1. The van der Waals surface area contributed by atoms with Crippen LogP contribution in [-0.4, -0.2) is 26.1 Å². The second-order valence-electron chi connectivity index (χ2n) is 5.28. The van der Waals surface area contributed by atoms with Gasteiger partial charge in [-0.3, -0.25) is 4.79 Å². The molecule has 8 heteroatoms. The topological polar surface area (TPSA) is 95.3 Å². The van der Waals surface area contributed by atoms with Crippen LogP contribution in [0.5, 0.6) is 11.6 Å². The van der Waals surface area contributed by atoms with Gasteiger partial charge in [-0.05, 0) is 40.1 Å². The molecule has 0 spiro atoms. The lowest BCUT2D eigenvalue weighted by atomic mass is 10.2. The van der Waals surface area contributed by atoms with Gasteiger partial charge >= 0.3 is 0 Å². The summed E-state index contributed by atoms with van der Waals surface area (Å²) in [6.07, 6.45) is 0.329. The van der Waals surface area contributed by atoms with Crippen molar-refractivity contribution >= 4 is 17.2 Å². The number of aromatic nitrogens is 2. The molecule has 3 N–H and O–H groups in total. The second-order valence-corrected chi connectivity index (χ2v) is 6.06. The average molecular weight is 359 g/mol. The summed E-state index contributed by atoms with van der Waals surface area (Å²) in [7, 11) is 0. The van der Waals surface area contributed by atoms with E-state index in [0.29, 0.717) is 12.0 Å². The highest BCUT2D eigenvalue weighted by molar-refractivity contribution is 7.07. The maximum atomic E-state index is 12.9. The van der Waals surface area contributed by atoms with Crippen molar-refractivity contribution in [2.75, 3.05) is 0 Å². The van der Waals surface area contributed by atoms with Gasteiger partial charge in [0.2, 0.25) is 5.75 Å². The molecule has 0 aliphatic heterocycles. The molecule has 0 radical (unpaired) electrons. The number of carbonyl (C=O) groups excluding carboxylic acids is 1. The molecule has 1 aromatic carbocycles. The number of nitrogens with zero attached hydrogens (tertiary/aromatic N) is 2. The van der Waals surface area contributed by atoms with Crippen LogP contribution in [0.1, 0.15) is 27.4 Å². The Hall–Kier alpha value is -3.00. The first-order chi connectivity index (χ1) is 12.0. The van der Waals surface area contributed by atoms with Gasteiger partial charge in [-0.25, -0.2) is 9.37 Å². The Kier molecular flexibility index (Phi) is 4.90. The maximum absolute atomic E-state index is 12.9. The van der Waals surface area contributed by atoms with Crippen LogP contribution in [0.25, 0.3) is 0 Å². The van der Waals surface area contributed by atoms with Crippen LogP contribution in [0.3, 0.4) is 0 Å². The Morgan fingerprint density at radius 3 is 2.56 bits per heavy atom. The third-order valence-corrected chi connectivity index (χ3v) is 4.17. The summed E-state index contributed by atoms with van der Waals surface area (Å²) < 4.78 is 12.9. The van der Waals surface area contributed by atoms with Gasteiger partial charge in [0.25, 0.3) is 11.8 Å². The largest absolute Gasteiger partial charge is 0.501 e. The molecule has 0 saturated heterocycles. The summed E-state index contributed by atoms with van der Waals surface area (Å²) in [5.74, 6) is -2.13. The molecule has 0 bridgehead atoms. The first-order valence-electron chi connectivity index (χ1n) is 7.35. The third kappa shape index (κ3) is 4.10. The van der Waals surface area contributed by atoms with Crippen LogP contribution in [-0.2, 0) is 13.0 Å². The molecule has 0 fully saturated rings. The lowest BCUT2D eigenvalue weighted by Crippen LogP contribution is -2.24. The second kappa shape index (κ2) is 7.27. The number of hydrogen-bond donors (Lipinski definition) is 3. The van der Waals surface area contributed by atoms with Crippen LogP contribution in [0.4, 0.5) is 4.39 Å². The summed E-state index contributed by atoms with van der Waals surface area (Å²) in [5, 5.41) is 26.0. The van der Waals surface area contributed by atoms with Gasteiger partial charge in [0, 0.05) is 13.0 Å². The van der Waals surface area contributed by atoms with Crippen molar-refractivity contribution in [1.29, 1.82) is 0 Å². The van der Waals surface area contributed by atoms with E-state index in [4.69, 9.17) is 0 Å². The van der Waals surface area contributed by atoms with E-state index in [1.807, 2.05) is 16.8 Å². The molecular weight excluding hydrogens is 345 g/mol. The molecular formula is C17H14FN3O3S. The molecule has 1 amide bonds. The summed E-state index contributed by atoms with van der Waals surface area (Å²) in [4.78, 5) is 20.1. The third-order valence-electron chi connectivity index (χ3n) is 3.44. The van der Waals surface area contributed by atoms with E-state index in [0.717, 1.165) is 5.56 Å². The van der Waals surface area contributed by atoms with Gasteiger partial charge in [0.05, 0.1) is 0 Å². The number of aromatic hydroxyl groups is 2. The smallest absolute Gasteiger partial charge is 0.274 e. The van der Waals surface area contributed by atoms with Gasteiger partial charge in [0.15, 0.2) is 5.69 Å². The van der Waals surface area contributed by atoms with Crippen molar-refractivity contribution in [1.82, 2.24) is 15.3 Å². The van der Waals surface area contributed by atoms with Crippen LogP contribution in [0.15, 0.2) is 41.1 Å². The molecule has 0 unspecified atom stereocenters. The van der Waals surface area contributed by atoms with Crippen LogP contribution in [0.2, 0.25) is 0 Å². The zero-order chi connectivity index (χ0) is 17.8.